The number of amides is 2. The number of hydrogen-bond donors (Lipinski definition) is 1. The fourth-order valence-electron chi connectivity index (χ4n) is 4.76. The zero-order valence-corrected chi connectivity index (χ0v) is 20.2. The molecule has 7 nitrogen and oxygen atoms in total. The van der Waals surface area contributed by atoms with Gasteiger partial charge in [-0.1, -0.05) is 6.08 Å². The molecule has 8 heteroatoms. The summed E-state index contributed by atoms with van der Waals surface area (Å²) in [6, 6.07) is -0.296. The number of halogens is 1. The van der Waals surface area contributed by atoms with Crippen molar-refractivity contribution in [3.63, 3.8) is 0 Å². The van der Waals surface area contributed by atoms with E-state index in [4.69, 9.17) is 9.47 Å². The molecule has 2 fully saturated rings. The molecule has 2 atom stereocenters. The van der Waals surface area contributed by atoms with Crippen LogP contribution < -0.4 is 0 Å². The first kappa shape index (κ1) is 25.5. The number of allylic oxidation sites excluding steroid dienone is 3. The highest BCUT2D eigenvalue weighted by atomic mass is 19.1. The van der Waals surface area contributed by atoms with Gasteiger partial charge in [-0.3, -0.25) is 4.79 Å². The Morgan fingerprint density at radius 1 is 1.21 bits per heavy atom. The Bertz CT molecular complexity index is 754. The lowest BCUT2D eigenvalue weighted by atomic mass is 9.92. The number of alkyl halides is 1. The van der Waals surface area contributed by atoms with E-state index in [0.29, 0.717) is 44.3 Å². The third-order valence-electron chi connectivity index (χ3n) is 6.59. The summed E-state index contributed by atoms with van der Waals surface area (Å²) in [6.45, 7) is 7.84. The quantitative estimate of drug-likeness (QED) is 0.575. The highest BCUT2D eigenvalue weighted by Crippen LogP contribution is 2.33. The van der Waals surface area contributed by atoms with Crippen molar-refractivity contribution in [2.75, 3.05) is 32.8 Å². The number of piperidine rings is 1. The molecule has 0 bridgehead atoms. The number of likely N-dealkylation sites (tertiary alicyclic amines) is 2. The largest absolute Gasteiger partial charge is 0.498 e. The van der Waals surface area contributed by atoms with Crippen LogP contribution in [-0.2, 0) is 14.3 Å². The molecule has 33 heavy (non-hydrogen) atoms. The zero-order chi connectivity index (χ0) is 24.1. The molecular weight excluding hydrogens is 427 g/mol. The average Bonchev–Trinajstić information content (AvgIpc) is 3.24. The minimum Gasteiger partial charge on any atom is -0.498 e. The van der Waals surface area contributed by atoms with Crippen LogP contribution in [0.25, 0.3) is 0 Å². The highest BCUT2D eigenvalue weighted by Gasteiger charge is 2.44. The van der Waals surface area contributed by atoms with Gasteiger partial charge in [-0.15, -0.1) is 0 Å². The van der Waals surface area contributed by atoms with Gasteiger partial charge in [0, 0.05) is 19.6 Å². The second-order valence-electron chi connectivity index (χ2n) is 10.4. The molecule has 0 aromatic rings. The molecule has 3 rings (SSSR count). The second-order valence-corrected chi connectivity index (χ2v) is 10.4. The maximum Gasteiger partial charge on any atom is 0.410 e. The molecule has 0 radical (unpaired) electrons. The van der Waals surface area contributed by atoms with Crippen LogP contribution in [0.3, 0.4) is 0 Å². The van der Waals surface area contributed by atoms with Crippen LogP contribution in [0, 0.1) is 5.92 Å². The number of rotatable bonds is 7. The fraction of sp³-hybridized carbons (Fsp3) is 0.760. The summed E-state index contributed by atoms with van der Waals surface area (Å²) in [5, 5.41) is 9.46. The maximum absolute atomic E-state index is 15.5. The average molecular weight is 467 g/mol. The highest BCUT2D eigenvalue weighted by molar-refractivity contribution is 5.88. The van der Waals surface area contributed by atoms with Crippen LogP contribution in [0.4, 0.5) is 9.18 Å². The smallest absolute Gasteiger partial charge is 0.410 e. The van der Waals surface area contributed by atoms with Crippen LogP contribution in [0.1, 0.15) is 65.7 Å². The number of hydrogen-bond acceptors (Lipinski definition) is 5. The molecule has 0 spiro atoms. The van der Waals surface area contributed by atoms with Gasteiger partial charge >= 0.3 is 6.09 Å². The third-order valence-corrected chi connectivity index (χ3v) is 6.59. The summed E-state index contributed by atoms with van der Waals surface area (Å²) in [7, 11) is 0. The number of aliphatic hydroxyl groups is 1. The minimum absolute atomic E-state index is 0.106. The molecule has 186 valence electrons. The van der Waals surface area contributed by atoms with Crippen molar-refractivity contribution in [2.24, 2.45) is 5.92 Å². The van der Waals surface area contributed by atoms with Gasteiger partial charge in [0.05, 0.1) is 25.7 Å². The van der Waals surface area contributed by atoms with Gasteiger partial charge in [-0.05, 0) is 77.4 Å². The van der Waals surface area contributed by atoms with Gasteiger partial charge in [0.15, 0.2) is 0 Å². The van der Waals surface area contributed by atoms with Gasteiger partial charge in [0.1, 0.15) is 11.4 Å². The zero-order valence-electron chi connectivity index (χ0n) is 20.2. The predicted octanol–water partition coefficient (Wildman–Crippen LogP) is 3.97. The van der Waals surface area contributed by atoms with Gasteiger partial charge in [0.25, 0.3) is 5.91 Å². The Balaban J connectivity index is 1.37. The normalized spacial score (nSPS) is 26.3. The van der Waals surface area contributed by atoms with E-state index in [1.54, 1.807) is 17.1 Å². The van der Waals surface area contributed by atoms with Crippen LogP contribution in [0.2, 0.25) is 0 Å². The topological polar surface area (TPSA) is 79.3 Å². The van der Waals surface area contributed by atoms with Crippen molar-refractivity contribution in [2.45, 2.75) is 83.0 Å². The van der Waals surface area contributed by atoms with Crippen molar-refractivity contribution in [3.05, 3.63) is 24.0 Å². The summed E-state index contributed by atoms with van der Waals surface area (Å²) in [4.78, 5) is 28.2. The Labute approximate surface area is 196 Å². The molecule has 2 aliphatic heterocycles. The van der Waals surface area contributed by atoms with E-state index in [1.165, 1.54) is 11.0 Å². The van der Waals surface area contributed by atoms with Crippen LogP contribution in [0.15, 0.2) is 24.0 Å². The van der Waals surface area contributed by atoms with Gasteiger partial charge in [-0.2, -0.15) is 0 Å². The molecule has 1 unspecified atom stereocenters. The summed E-state index contributed by atoms with van der Waals surface area (Å²) >= 11 is 0. The van der Waals surface area contributed by atoms with E-state index in [0.717, 1.165) is 32.1 Å². The Morgan fingerprint density at radius 3 is 2.61 bits per heavy atom. The number of carbonyl (C=O) groups is 2. The SMILES string of the molecule is CC(C)(C)OC(=O)N1CCC(CCCOC2=CC=CC(F)(C(=O)N3CCC[C@@H]3CO)C2)CC1. The van der Waals surface area contributed by atoms with Crippen molar-refractivity contribution in [3.8, 4) is 0 Å². The lowest BCUT2D eigenvalue weighted by Crippen LogP contribution is -2.49. The molecule has 2 amide bonds. The summed E-state index contributed by atoms with van der Waals surface area (Å²) in [5.41, 5.74) is -2.60. The third kappa shape index (κ3) is 6.95. The van der Waals surface area contributed by atoms with E-state index in [-0.39, 0.29) is 25.2 Å². The first-order valence-electron chi connectivity index (χ1n) is 12.2. The lowest BCUT2D eigenvalue weighted by Gasteiger charge is -2.33. The van der Waals surface area contributed by atoms with E-state index < -0.39 is 17.2 Å². The summed E-state index contributed by atoms with van der Waals surface area (Å²) < 4.78 is 26.7. The van der Waals surface area contributed by atoms with Crippen molar-refractivity contribution >= 4 is 12.0 Å². The summed E-state index contributed by atoms with van der Waals surface area (Å²) in [6.07, 6.45) is 9.41. The first-order valence-corrected chi connectivity index (χ1v) is 12.2. The molecule has 0 aromatic heterocycles. The first-order chi connectivity index (χ1) is 15.6. The molecule has 1 aliphatic carbocycles. The predicted molar refractivity (Wildman–Crippen MR) is 123 cm³/mol. The Kier molecular flexibility index (Phi) is 8.43. The number of carbonyl (C=O) groups excluding carboxylic acids is 2. The van der Waals surface area contributed by atoms with Gasteiger partial charge in [-0.25, -0.2) is 9.18 Å². The number of ether oxygens (including phenoxy) is 2. The second kappa shape index (κ2) is 10.9. The molecule has 2 saturated heterocycles. The monoisotopic (exact) mass is 466 g/mol. The standard InChI is InChI=1S/C25H39FN2O5/c1-24(2,3)33-23(31)27-14-10-19(11-15-27)7-6-16-32-21-9-4-12-25(26,17-21)22(30)28-13-5-8-20(28)18-29/h4,9,12,19-20,29H,5-8,10-11,13-18H2,1-3H3/t20-,25?/m1/s1. The Hall–Kier alpha value is -2.09. The van der Waals surface area contributed by atoms with Crippen molar-refractivity contribution in [1.82, 2.24) is 9.80 Å². The number of nitrogens with zero attached hydrogens (tertiary/aromatic N) is 2. The minimum atomic E-state index is -2.11. The van der Waals surface area contributed by atoms with Crippen LogP contribution >= 0.6 is 0 Å². The molecule has 0 aromatic carbocycles. The molecule has 1 N–H and O–H groups in total. The molecular formula is C25H39FN2O5. The molecule has 3 aliphatic rings. The number of aliphatic hydroxyl groups excluding tert-OH is 1. The Morgan fingerprint density at radius 2 is 1.94 bits per heavy atom. The molecule has 0 saturated carbocycles. The van der Waals surface area contributed by atoms with E-state index in [1.807, 2.05) is 20.8 Å². The van der Waals surface area contributed by atoms with Gasteiger partial charge in [0.2, 0.25) is 5.67 Å². The summed E-state index contributed by atoms with van der Waals surface area (Å²) in [5.74, 6) is 0.425. The van der Waals surface area contributed by atoms with Crippen LogP contribution in [0.5, 0.6) is 0 Å². The van der Waals surface area contributed by atoms with Crippen LogP contribution in [-0.4, -0.2) is 77.1 Å². The van der Waals surface area contributed by atoms with E-state index in [2.05, 4.69) is 0 Å². The maximum atomic E-state index is 15.5. The molecule has 2 heterocycles. The van der Waals surface area contributed by atoms with E-state index in [9.17, 15) is 14.7 Å². The fourth-order valence-corrected chi connectivity index (χ4v) is 4.76. The van der Waals surface area contributed by atoms with E-state index >= 15 is 4.39 Å². The lowest BCUT2D eigenvalue weighted by molar-refractivity contribution is -0.143. The van der Waals surface area contributed by atoms with Gasteiger partial charge < -0.3 is 24.4 Å². The van der Waals surface area contributed by atoms with Crippen molar-refractivity contribution < 1.29 is 28.6 Å². The van der Waals surface area contributed by atoms with Crippen molar-refractivity contribution in [1.29, 1.82) is 0 Å².